The van der Waals surface area contributed by atoms with Gasteiger partial charge in [0.2, 0.25) is 17.7 Å². The van der Waals surface area contributed by atoms with E-state index in [1.54, 1.807) is 41.3 Å². The molecule has 4 N–H and O–H groups in total. The molecule has 2 aromatic rings. The van der Waals surface area contributed by atoms with Crippen molar-refractivity contribution in [2.75, 3.05) is 60.9 Å². The highest BCUT2D eigenvalue weighted by Gasteiger charge is 2.33. The lowest BCUT2D eigenvalue weighted by Crippen LogP contribution is -2.49. The van der Waals surface area contributed by atoms with E-state index < -0.39 is 18.0 Å². The van der Waals surface area contributed by atoms with Gasteiger partial charge in [0.1, 0.15) is 11.9 Å². The second-order valence-corrected chi connectivity index (χ2v) is 10.2. The summed E-state index contributed by atoms with van der Waals surface area (Å²) in [6.45, 7) is 3.36. The van der Waals surface area contributed by atoms with Gasteiger partial charge in [0, 0.05) is 57.2 Å². The van der Waals surface area contributed by atoms with E-state index in [1.165, 1.54) is 17.9 Å². The summed E-state index contributed by atoms with van der Waals surface area (Å²) in [5.41, 5.74) is 7.08. The third kappa shape index (κ3) is 7.81. The lowest BCUT2D eigenvalue weighted by atomic mass is 10.0. The Hall–Kier alpha value is -4.52. The highest BCUT2D eigenvalue weighted by atomic mass is 19.1. The lowest BCUT2D eigenvalue weighted by Gasteiger charge is -2.36. The number of cyclic esters (lactones) is 1. The molecule has 4 rings (SSSR count). The molecule has 2 saturated heterocycles. The van der Waals surface area contributed by atoms with Gasteiger partial charge < -0.3 is 30.9 Å². The molecule has 2 fully saturated rings. The van der Waals surface area contributed by atoms with Gasteiger partial charge in [0.15, 0.2) is 5.78 Å². The minimum absolute atomic E-state index is 0.0560. The van der Waals surface area contributed by atoms with E-state index in [9.17, 15) is 24.0 Å². The van der Waals surface area contributed by atoms with Crippen LogP contribution in [0.1, 0.15) is 36.5 Å². The molecule has 224 valence electrons. The molecule has 13 heteroatoms. The standard InChI is InChI=1S/C29H35FN6O6/c1-19(37)32-17-23-18-36(29(41)42-23)22-9-10-25(24(30)15-22)34-11-13-35(14-12-34)28(40)4-2-3-26(38)20-5-7-21(8-6-20)33-27(39)16-31/h5-10,15,23H,2-4,11-14,16-18,31H2,1H3,(H,32,37)(H,33,39)/t23-/m0/s1. The van der Waals surface area contributed by atoms with Gasteiger partial charge >= 0.3 is 6.09 Å². The molecule has 2 aromatic carbocycles. The Balaban J connectivity index is 1.21. The van der Waals surface area contributed by atoms with Gasteiger partial charge in [-0.25, -0.2) is 9.18 Å². The molecule has 4 amide bonds. The number of nitrogens with two attached hydrogens (primary N) is 1. The summed E-state index contributed by atoms with van der Waals surface area (Å²) >= 11 is 0. The van der Waals surface area contributed by atoms with Crippen molar-refractivity contribution in [1.29, 1.82) is 0 Å². The molecule has 0 bridgehead atoms. The SMILES string of the molecule is CC(=O)NC[C@H]1CN(c2ccc(N3CCN(C(=O)CCCC(=O)c4ccc(NC(=O)CN)cc4)CC3)c(F)c2)C(=O)O1. The number of Topliss-reactive ketones (excluding diaryl/α,β-unsaturated/α-hetero) is 1. The van der Waals surface area contributed by atoms with Crippen LogP contribution in [0.25, 0.3) is 0 Å². The first-order chi connectivity index (χ1) is 20.1. The topological polar surface area (TPSA) is 154 Å². The van der Waals surface area contributed by atoms with Crippen molar-refractivity contribution in [3.05, 3.63) is 53.8 Å². The third-order valence-corrected chi connectivity index (χ3v) is 7.14. The van der Waals surface area contributed by atoms with Crippen LogP contribution in [-0.4, -0.2) is 86.4 Å². The first-order valence-corrected chi connectivity index (χ1v) is 13.8. The fourth-order valence-corrected chi connectivity index (χ4v) is 4.87. The van der Waals surface area contributed by atoms with E-state index in [1.807, 2.05) is 4.90 Å². The molecule has 2 aliphatic heterocycles. The zero-order valence-electron chi connectivity index (χ0n) is 23.4. The number of carbonyl (C=O) groups excluding carboxylic acids is 5. The fourth-order valence-electron chi connectivity index (χ4n) is 4.87. The summed E-state index contributed by atoms with van der Waals surface area (Å²) in [6.07, 6.45) is -0.261. The van der Waals surface area contributed by atoms with Crippen LogP contribution in [0.3, 0.4) is 0 Å². The Morgan fingerprint density at radius 2 is 1.74 bits per heavy atom. The van der Waals surface area contributed by atoms with Gasteiger partial charge in [0.25, 0.3) is 0 Å². The molecule has 0 unspecified atom stereocenters. The van der Waals surface area contributed by atoms with E-state index >= 15 is 4.39 Å². The maximum absolute atomic E-state index is 15.1. The van der Waals surface area contributed by atoms with E-state index in [2.05, 4.69) is 10.6 Å². The maximum Gasteiger partial charge on any atom is 0.414 e. The fraction of sp³-hybridized carbons (Fsp3) is 0.414. The van der Waals surface area contributed by atoms with Crippen LogP contribution in [0.15, 0.2) is 42.5 Å². The average molecular weight is 583 g/mol. The van der Waals surface area contributed by atoms with Crippen molar-refractivity contribution in [3.8, 4) is 0 Å². The van der Waals surface area contributed by atoms with Crippen molar-refractivity contribution in [3.63, 3.8) is 0 Å². The molecule has 12 nitrogen and oxygen atoms in total. The Labute approximate surface area is 242 Å². The highest BCUT2D eigenvalue weighted by molar-refractivity contribution is 5.97. The number of piperazine rings is 1. The predicted molar refractivity (Wildman–Crippen MR) is 154 cm³/mol. The number of hydrogen-bond donors (Lipinski definition) is 3. The molecule has 42 heavy (non-hydrogen) atoms. The molecular weight excluding hydrogens is 547 g/mol. The Morgan fingerprint density at radius 3 is 2.38 bits per heavy atom. The number of carbonyl (C=O) groups is 5. The number of ether oxygens (including phenoxy) is 1. The summed E-state index contributed by atoms with van der Waals surface area (Å²) < 4.78 is 20.3. The largest absolute Gasteiger partial charge is 0.442 e. The van der Waals surface area contributed by atoms with Gasteiger partial charge in [-0.1, -0.05) is 0 Å². The normalized spacial score (nSPS) is 16.7. The second-order valence-electron chi connectivity index (χ2n) is 10.2. The van der Waals surface area contributed by atoms with Crippen LogP contribution in [0.4, 0.5) is 26.2 Å². The summed E-state index contributed by atoms with van der Waals surface area (Å²) in [7, 11) is 0. The van der Waals surface area contributed by atoms with Gasteiger partial charge in [-0.15, -0.1) is 0 Å². The molecule has 0 saturated carbocycles. The second kappa shape index (κ2) is 13.9. The van der Waals surface area contributed by atoms with Crippen molar-refractivity contribution in [2.24, 2.45) is 5.73 Å². The zero-order chi connectivity index (χ0) is 30.2. The molecule has 0 spiro atoms. The Morgan fingerprint density at radius 1 is 1.02 bits per heavy atom. The van der Waals surface area contributed by atoms with Crippen molar-refractivity contribution in [1.82, 2.24) is 10.2 Å². The van der Waals surface area contributed by atoms with Gasteiger partial charge in [0.05, 0.1) is 31.0 Å². The Bertz CT molecular complexity index is 1330. The smallest absolute Gasteiger partial charge is 0.414 e. The number of halogens is 1. The van der Waals surface area contributed by atoms with Crippen LogP contribution >= 0.6 is 0 Å². The maximum atomic E-state index is 15.1. The monoisotopic (exact) mass is 582 g/mol. The molecule has 2 aliphatic rings. The van der Waals surface area contributed by atoms with E-state index in [4.69, 9.17) is 10.5 Å². The lowest BCUT2D eigenvalue weighted by molar-refractivity contribution is -0.131. The van der Waals surface area contributed by atoms with Crippen LogP contribution in [0, 0.1) is 5.82 Å². The average Bonchev–Trinajstić information content (AvgIpc) is 3.36. The minimum atomic E-state index is -0.599. The first-order valence-electron chi connectivity index (χ1n) is 13.8. The van der Waals surface area contributed by atoms with Crippen molar-refractivity contribution < 1.29 is 33.1 Å². The van der Waals surface area contributed by atoms with Crippen LogP contribution < -0.4 is 26.2 Å². The molecule has 0 aromatic heterocycles. The van der Waals surface area contributed by atoms with Crippen LogP contribution in [0.5, 0.6) is 0 Å². The molecule has 0 aliphatic carbocycles. The molecule has 2 heterocycles. The number of rotatable bonds is 11. The number of hydrogen-bond acceptors (Lipinski definition) is 8. The van der Waals surface area contributed by atoms with Gasteiger partial charge in [-0.05, 0) is 48.9 Å². The number of amides is 4. The number of nitrogens with zero attached hydrogens (tertiary/aromatic N) is 3. The van der Waals surface area contributed by atoms with E-state index in [-0.39, 0.29) is 56.0 Å². The van der Waals surface area contributed by atoms with Crippen LogP contribution in [-0.2, 0) is 19.1 Å². The first kappa shape index (κ1) is 30.4. The van der Waals surface area contributed by atoms with E-state index in [0.29, 0.717) is 55.2 Å². The molecule has 1 atom stereocenters. The summed E-state index contributed by atoms with van der Waals surface area (Å²) in [5.74, 6) is -1.18. The number of anilines is 3. The zero-order valence-corrected chi connectivity index (χ0v) is 23.4. The Kier molecular flexibility index (Phi) is 10.1. The predicted octanol–water partition coefficient (Wildman–Crippen LogP) is 1.89. The van der Waals surface area contributed by atoms with Gasteiger partial charge in [-0.3, -0.25) is 24.1 Å². The molecule has 0 radical (unpaired) electrons. The van der Waals surface area contributed by atoms with Crippen molar-refractivity contribution in [2.45, 2.75) is 32.3 Å². The highest BCUT2D eigenvalue weighted by Crippen LogP contribution is 2.28. The minimum Gasteiger partial charge on any atom is -0.442 e. The number of nitrogens with one attached hydrogen (secondary N) is 2. The van der Waals surface area contributed by atoms with Crippen molar-refractivity contribution >= 4 is 46.7 Å². The third-order valence-electron chi connectivity index (χ3n) is 7.14. The summed E-state index contributed by atoms with van der Waals surface area (Å²) in [4.78, 5) is 64.9. The quantitative estimate of drug-likeness (QED) is 0.340. The number of ketones is 1. The summed E-state index contributed by atoms with van der Waals surface area (Å²) in [6, 6.07) is 11.1. The van der Waals surface area contributed by atoms with E-state index in [0.717, 1.165) is 0 Å². The molecular formula is C29H35FN6O6. The number of benzene rings is 2. The van der Waals surface area contributed by atoms with Gasteiger partial charge in [-0.2, -0.15) is 0 Å². The van der Waals surface area contributed by atoms with Crippen LogP contribution in [0.2, 0.25) is 0 Å². The summed E-state index contributed by atoms with van der Waals surface area (Å²) in [5, 5.41) is 5.22.